The Hall–Kier alpha value is -1.92. The highest BCUT2D eigenvalue weighted by Crippen LogP contribution is 2.28. The Labute approximate surface area is 162 Å². The number of hydrogen-bond acceptors (Lipinski definition) is 5. The molecule has 5 nitrogen and oxygen atoms in total. The summed E-state index contributed by atoms with van der Waals surface area (Å²) in [5, 5.41) is 1.53. The van der Waals surface area contributed by atoms with E-state index in [1.807, 2.05) is 51.1 Å². The first-order valence-corrected chi connectivity index (χ1v) is 9.67. The summed E-state index contributed by atoms with van der Waals surface area (Å²) >= 11 is 7.76. The SMILES string of the molecule is CCOC(=O)c1csc(CN(C(=O)C(Cl)c2ccccc2)C(C)(C)C)n1. The Morgan fingerprint density at radius 2 is 1.92 bits per heavy atom. The van der Waals surface area contributed by atoms with Gasteiger partial charge in [0.2, 0.25) is 5.91 Å². The number of carbonyl (C=O) groups is 2. The van der Waals surface area contributed by atoms with Crippen molar-refractivity contribution in [2.24, 2.45) is 0 Å². The molecule has 0 spiro atoms. The maximum Gasteiger partial charge on any atom is 0.357 e. The van der Waals surface area contributed by atoms with Crippen LogP contribution in [0.5, 0.6) is 0 Å². The molecule has 2 aromatic rings. The minimum atomic E-state index is -0.778. The van der Waals surface area contributed by atoms with Crippen LogP contribution in [0.3, 0.4) is 0 Å². The maximum atomic E-state index is 13.0. The van der Waals surface area contributed by atoms with Crippen LogP contribution in [0.15, 0.2) is 35.7 Å². The van der Waals surface area contributed by atoms with Crippen molar-refractivity contribution in [1.82, 2.24) is 9.88 Å². The van der Waals surface area contributed by atoms with Gasteiger partial charge in [-0.05, 0) is 33.3 Å². The second kappa shape index (κ2) is 8.64. The summed E-state index contributed by atoms with van der Waals surface area (Å²) in [7, 11) is 0. The summed E-state index contributed by atoms with van der Waals surface area (Å²) in [4.78, 5) is 30.8. The van der Waals surface area contributed by atoms with Gasteiger partial charge in [-0.2, -0.15) is 0 Å². The molecule has 0 bridgehead atoms. The van der Waals surface area contributed by atoms with Gasteiger partial charge in [0.15, 0.2) is 5.69 Å². The van der Waals surface area contributed by atoms with Crippen molar-refractivity contribution >= 4 is 34.8 Å². The topological polar surface area (TPSA) is 59.5 Å². The number of halogens is 1. The molecular weight excluding hydrogens is 372 g/mol. The summed E-state index contributed by atoms with van der Waals surface area (Å²) in [6.45, 7) is 8.15. The van der Waals surface area contributed by atoms with E-state index in [4.69, 9.17) is 16.3 Å². The molecule has 1 aromatic carbocycles. The molecule has 0 radical (unpaired) electrons. The van der Waals surface area contributed by atoms with Gasteiger partial charge in [-0.1, -0.05) is 30.3 Å². The third-order valence-electron chi connectivity index (χ3n) is 3.71. The zero-order valence-electron chi connectivity index (χ0n) is 15.4. The van der Waals surface area contributed by atoms with Gasteiger partial charge in [-0.15, -0.1) is 22.9 Å². The van der Waals surface area contributed by atoms with E-state index in [1.165, 1.54) is 11.3 Å². The highest BCUT2D eigenvalue weighted by atomic mass is 35.5. The highest BCUT2D eigenvalue weighted by molar-refractivity contribution is 7.09. The van der Waals surface area contributed by atoms with Crippen molar-refractivity contribution in [1.29, 1.82) is 0 Å². The summed E-state index contributed by atoms with van der Waals surface area (Å²) < 4.78 is 4.96. The molecule has 1 amide bonds. The Kier molecular flexibility index (Phi) is 6.78. The number of alkyl halides is 1. The molecule has 0 aliphatic carbocycles. The van der Waals surface area contributed by atoms with E-state index in [9.17, 15) is 9.59 Å². The summed E-state index contributed by atoms with van der Waals surface area (Å²) in [6.07, 6.45) is 0. The molecule has 1 aromatic heterocycles. The van der Waals surface area contributed by atoms with Gasteiger partial charge in [0.05, 0.1) is 13.2 Å². The fourth-order valence-corrected chi connectivity index (χ4v) is 3.38. The smallest absolute Gasteiger partial charge is 0.357 e. The number of aromatic nitrogens is 1. The van der Waals surface area contributed by atoms with Crippen molar-refractivity contribution in [3.63, 3.8) is 0 Å². The zero-order valence-corrected chi connectivity index (χ0v) is 16.9. The normalized spacial score (nSPS) is 12.5. The van der Waals surface area contributed by atoms with Crippen LogP contribution in [0.4, 0.5) is 0 Å². The van der Waals surface area contributed by atoms with Crippen molar-refractivity contribution in [3.05, 3.63) is 52.0 Å². The number of benzene rings is 1. The number of thiazole rings is 1. The number of amides is 1. The Morgan fingerprint density at radius 1 is 1.27 bits per heavy atom. The predicted molar refractivity (Wildman–Crippen MR) is 103 cm³/mol. The lowest BCUT2D eigenvalue weighted by molar-refractivity contribution is -0.136. The van der Waals surface area contributed by atoms with Gasteiger partial charge in [0.25, 0.3) is 0 Å². The largest absolute Gasteiger partial charge is 0.461 e. The Bertz CT molecular complexity index is 756. The third kappa shape index (κ3) is 5.05. The van der Waals surface area contributed by atoms with Gasteiger partial charge in [0, 0.05) is 10.9 Å². The van der Waals surface area contributed by atoms with Gasteiger partial charge < -0.3 is 9.64 Å². The standard InChI is InChI=1S/C19H23ClN2O3S/c1-5-25-18(24)14-12-26-15(21-14)11-22(19(2,3)4)17(23)16(20)13-9-7-6-8-10-13/h6-10,12,16H,5,11H2,1-4H3. The molecule has 26 heavy (non-hydrogen) atoms. The van der Waals surface area contributed by atoms with Crippen LogP contribution < -0.4 is 0 Å². The van der Waals surface area contributed by atoms with E-state index < -0.39 is 16.9 Å². The number of esters is 1. The summed E-state index contributed by atoms with van der Waals surface area (Å²) in [5.41, 5.74) is 0.563. The second-order valence-electron chi connectivity index (χ2n) is 6.72. The molecule has 0 aliphatic heterocycles. The third-order valence-corrected chi connectivity index (χ3v) is 4.99. The van der Waals surface area contributed by atoms with Gasteiger partial charge in [-0.3, -0.25) is 4.79 Å². The molecule has 1 unspecified atom stereocenters. The van der Waals surface area contributed by atoms with Crippen LogP contribution in [0, 0.1) is 0 Å². The van der Waals surface area contributed by atoms with E-state index in [1.54, 1.807) is 17.2 Å². The van der Waals surface area contributed by atoms with Crippen LogP contribution >= 0.6 is 22.9 Å². The maximum absolute atomic E-state index is 13.0. The van der Waals surface area contributed by atoms with Gasteiger partial charge >= 0.3 is 5.97 Å². The Morgan fingerprint density at radius 3 is 2.50 bits per heavy atom. The van der Waals surface area contributed by atoms with Crippen LogP contribution in [0.25, 0.3) is 0 Å². The number of nitrogens with zero attached hydrogens (tertiary/aromatic N) is 2. The molecule has 140 valence electrons. The zero-order chi connectivity index (χ0) is 19.3. The first-order chi connectivity index (χ1) is 12.2. The molecule has 0 saturated heterocycles. The van der Waals surface area contributed by atoms with Crippen LogP contribution in [0.1, 0.15) is 54.1 Å². The lowest BCUT2D eigenvalue weighted by atomic mass is 10.0. The van der Waals surface area contributed by atoms with E-state index >= 15 is 0 Å². The van der Waals surface area contributed by atoms with E-state index in [0.29, 0.717) is 11.6 Å². The highest BCUT2D eigenvalue weighted by Gasteiger charge is 2.32. The number of rotatable bonds is 6. The molecule has 0 saturated carbocycles. The van der Waals surface area contributed by atoms with Gasteiger partial charge in [0.1, 0.15) is 10.4 Å². The molecule has 0 fully saturated rings. The van der Waals surface area contributed by atoms with E-state index in [-0.39, 0.29) is 18.1 Å². The number of carbonyl (C=O) groups excluding carboxylic acids is 2. The Balaban J connectivity index is 2.21. The summed E-state index contributed by atoms with van der Waals surface area (Å²) in [5.74, 6) is -0.651. The fourth-order valence-electron chi connectivity index (χ4n) is 2.36. The van der Waals surface area contributed by atoms with E-state index in [2.05, 4.69) is 4.98 Å². The lowest BCUT2D eigenvalue weighted by Crippen LogP contribution is -2.46. The molecule has 0 aliphatic rings. The fraction of sp³-hybridized carbons (Fsp3) is 0.421. The minimum Gasteiger partial charge on any atom is -0.461 e. The van der Waals surface area contributed by atoms with Crippen LogP contribution in [-0.4, -0.2) is 33.9 Å². The minimum absolute atomic E-state index is 0.196. The quantitative estimate of drug-likeness (QED) is 0.537. The summed E-state index contributed by atoms with van der Waals surface area (Å²) in [6, 6.07) is 9.25. The molecular formula is C19H23ClN2O3S. The average Bonchev–Trinajstić information content (AvgIpc) is 3.07. The molecule has 2 rings (SSSR count). The first kappa shape index (κ1) is 20.4. The van der Waals surface area contributed by atoms with Crippen LogP contribution in [-0.2, 0) is 16.1 Å². The monoisotopic (exact) mass is 394 g/mol. The van der Waals surface area contributed by atoms with Crippen molar-refractivity contribution in [2.75, 3.05) is 6.61 Å². The molecule has 1 atom stereocenters. The van der Waals surface area contributed by atoms with E-state index in [0.717, 1.165) is 5.56 Å². The molecule has 1 heterocycles. The number of hydrogen-bond donors (Lipinski definition) is 0. The van der Waals surface area contributed by atoms with Crippen molar-refractivity contribution < 1.29 is 14.3 Å². The van der Waals surface area contributed by atoms with Crippen molar-refractivity contribution in [2.45, 2.75) is 45.2 Å². The lowest BCUT2D eigenvalue weighted by Gasteiger charge is -2.36. The molecule has 7 heteroatoms. The first-order valence-electron chi connectivity index (χ1n) is 8.36. The molecule has 0 N–H and O–H groups in total. The predicted octanol–water partition coefficient (Wildman–Crippen LogP) is 4.43. The van der Waals surface area contributed by atoms with Crippen molar-refractivity contribution in [3.8, 4) is 0 Å². The van der Waals surface area contributed by atoms with Gasteiger partial charge in [-0.25, -0.2) is 9.78 Å². The number of ether oxygens (including phenoxy) is 1. The second-order valence-corrected chi connectivity index (χ2v) is 8.09. The van der Waals surface area contributed by atoms with Crippen LogP contribution in [0.2, 0.25) is 0 Å². The average molecular weight is 395 g/mol.